The summed E-state index contributed by atoms with van der Waals surface area (Å²) in [5, 5.41) is 13.4. The predicted molar refractivity (Wildman–Crippen MR) is 106 cm³/mol. The van der Waals surface area contributed by atoms with Crippen molar-refractivity contribution in [2.24, 2.45) is 5.92 Å². The lowest BCUT2D eigenvalue weighted by molar-refractivity contribution is 0.00190. The van der Waals surface area contributed by atoms with Crippen molar-refractivity contribution in [3.05, 3.63) is 59.7 Å². The van der Waals surface area contributed by atoms with Gasteiger partial charge >= 0.3 is 6.09 Å². The van der Waals surface area contributed by atoms with Gasteiger partial charge < -0.3 is 15.2 Å². The van der Waals surface area contributed by atoms with Crippen LogP contribution in [0.5, 0.6) is 0 Å². The first kappa shape index (κ1) is 18.1. The van der Waals surface area contributed by atoms with Gasteiger partial charge in [-0.25, -0.2) is 4.79 Å². The highest BCUT2D eigenvalue weighted by Gasteiger charge is 2.34. The van der Waals surface area contributed by atoms with Crippen LogP contribution >= 0.6 is 0 Å². The average molecular weight is 365 g/mol. The van der Waals surface area contributed by atoms with Crippen molar-refractivity contribution in [2.45, 2.75) is 44.1 Å². The largest absolute Gasteiger partial charge is 0.449 e. The Morgan fingerprint density at radius 3 is 2.22 bits per heavy atom. The molecule has 27 heavy (non-hydrogen) atoms. The molecule has 0 bridgehead atoms. The van der Waals surface area contributed by atoms with Gasteiger partial charge in [-0.15, -0.1) is 0 Å². The second kappa shape index (κ2) is 7.35. The Labute approximate surface area is 160 Å². The van der Waals surface area contributed by atoms with Gasteiger partial charge in [0.25, 0.3) is 0 Å². The summed E-state index contributed by atoms with van der Waals surface area (Å²) in [5.41, 5.74) is 3.95. The lowest BCUT2D eigenvalue weighted by atomic mass is 9.88. The van der Waals surface area contributed by atoms with E-state index in [1.807, 2.05) is 31.2 Å². The van der Waals surface area contributed by atoms with Crippen LogP contribution in [-0.4, -0.2) is 30.0 Å². The molecule has 0 radical (unpaired) electrons. The molecule has 2 aliphatic carbocycles. The van der Waals surface area contributed by atoms with Gasteiger partial charge in [-0.3, -0.25) is 0 Å². The minimum atomic E-state index is -0.873. The molecule has 142 valence electrons. The number of ether oxygens (including phenoxy) is 1. The molecule has 0 heterocycles. The standard InChI is InChI=1S/C23H27NO3/c1-23(26,16-8-2-3-9-16)15-24-22(25)27-14-21-19-12-6-4-10-17(19)18-11-5-7-13-20(18)21/h4-7,10-13,16,21,26H,2-3,8-9,14-15H2,1H3,(H,24,25). The summed E-state index contributed by atoms with van der Waals surface area (Å²) in [7, 11) is 0. The SMILES string of the molecule is CC(O)(CNC(=O)OCC1c2ccccc2-c2ccccc21)C1CCCC1. The minimum Gasteiger partial charge on any atom is -0.449 e. The van der Waals surface area contributed by atoms with Crippen LogP contribution in [0.1, 0.15) is 49.7 Å². The number of amides is 1. The Kier molecular flexibility index (Phi) is 4.92. The van der Waals surface area contributed by atoms with Crippen molar-refractivity contribution < 1.29 is 14.6 Å². The van der Waals surface area contributed by atoms with Crippen LogP contribution in [0.4, 0.5) is 4.79 Å². The highest BCUT2D eigenvalue weighted by molar-refractivity contribution is 5.79. The third kappa shape index (κ3) is 3.59. The minimum absolute atomic E-state index is 0.0542. The third-order valence-corrected chi connectivity index (χ3v) is 6.17. The number of carbonyl (C=O) groups is 1. The molecule has 4 nitrogen and oxygen atoms in total. The maximum Gasteiger partial charge on any atom is 0.407 e. The molecule has 0 aliphatic heterocycles. The van der Waals surface area contributed by atoms with E-state index in [2.05, 4.69) is 29.6 Å². The van der Waals surface area contributed by atoms with E-state index in [1.54, 1.807) is 0 Å². The third-order valence-electron chi connectivity index (χ3n) is 6.17. The molecule has 4 rings (SSSR count). The summed E-state index contributed by atoms with van der Waals surface area (Å²) in [6.07, 6.45) is 3.91. The fourth-order valence-corrected chi connectivity index (χ4v) is 4.59. The molecule has 0 spiro atoms. The lowest BCUT2D eigenvalue weighted by Gasteiger charge is -2.30. The molecular weight excluding hydrogens is 338 g/mol. The average Bonchev–Trinajstić information content (AvgIpc) is 3.32. The molecule has 1 fully saturated rings. The van der Waals surface area contributed by atoms with Gasteiger partial charge in [0.05, 0.1) is 5.60 Å². The molecule has 1 unspecified atom stereocenters. The first-order chi connectivity index (χ1) is 13.1. The molecule has 2 aromatic rings. The molecule has 0 saturated heterocycles. The summed E-state index contributed by atoms with van der Waals surface area (Å²) in [4.78, 5) is 12.2. The first-order valence-electron chi connectivity index (χ1n) is 9.87. The highest BCUT2D eigenvalue weighted by atomic mass is 16.5. The number of carbonyl (C=O) groups excluding carboxylic acids is 1. The summed E-state index contributed by atoms with van der Waals surface area (Å²) in [6, 6.07) is 16.6. The topological polar surface area (TPSA) is 58.6 Å². The molecule has 0 aromatic heterocycles. The van der Waals surface area contributed by atoms with Crippen molar-refractivity contribution >= 4 is 6.09 Å². The summed E-state index contributed by atoms with van der Waals surface area (Å²) >= 11 is 0. The number of fused-ring (bicyclic) bond motifs is 3. The quantitative estimate of drug-likeness (QED) is 0.822. The van der Waals surface area contributed by atoms with Crippen molar-refractivity contribution in [3.8, 4) is 11.1 Å². The maximum absolute atomic E-state index is 12.2. The van der Waals surface area contributed by atoms with Crippen LogP contribution in [0.3, 0.4) is 0 Å². The summed E-state index contributed by atoms with van der Waals surface area (Å²) < 4.78 is 5.54. The van der Waals surface area contributed by atoms with E-state index < -0.39 is 11.7 Å². The van der Waals surface area contributed by atoms with Gasteiger partial charge in [0, 0.05) is 12.5 Å². The maximum atomic E-state index is 12.2. The number of alkyl carbamates (subject to hydrolysis) is 1. The molecular formula is C23H27NO3. The van der Waals surface area contributed by atoms with E-state index in [0.717, 1.165) is 25.7 Å². The molecule has 1 saturated carbocycles. The van der Waals surface area contributed by atoms with Crippen LogP contribution in [-0.2, 0) is 4.74 Å². The number of hydrogen-bond donors (Lipinski definition) is 2. The van der Waals surface area contributed by atoms with Crippen LogP contribution in [0.25, 0.3) is 11.1 Å². The summed E-state index contributed by atoms with van der Waals surface area (Å²) in [5.74, 6) is 0.310. The van der Waals surface area contributed by atoms with Crippen molar-refractivity contribution in [2.75, 3.05) is 13.2 Å². The van der Waals surface area contributed by atoms with E-state index in [-0.39, 0.29) is 18.4 Å². The van der Waals surface area contributed by atoms with Gasteiger partial charge in [-0.05, 0) is 47.9 Å². The van der Waals surface area contributed by atoms with Crippen LogP contribution < -0.4 is 5.32 Å². The monoisotopic (exact) mass is 365 g/mol. The van der Waals surface area contributed by atoms with Gasteiger partial charge in [0.2, 0.25) is 0 Å². The molecule has 2 N–H and O–H groups in total. The number of rotatable bonds is 5. The second-order valence-electron chi connectivity index (χ2n) is 8.02. The van der Waals surface area contributed by atoms with Crippen molar-refractivity contribution in [3.63, 3.8) is 0 Å². The zero-order valence-electron chi connectivity index (χ0n) is 15.8. The highest BCUT2D eigenvalue weighted by Crippen LogP contribution is 2.44. The van der Waals surface area contributed by atoms with Crippen LogP contribution in [0.2, 0.25) is 0 Å². The number of nitrogens with one attached hydrogen (secondary N) is 1. The Morgan fingerprint density at radius 1 is 1.07 bits per heavy atom. The van der Waals surface area contributed by atoms with Gasteiger partial charge in [-0.2, -0.15) is 0 Å². The van der Waals surface area contributed by atoms with E-state index in [9.17, 15) is 9.90 Å². The van der Waals surface area contributed by atoms with Gasteiger partial charge in [0.15, 0.2) is 0 Å². The normalized spacial score (nSPS) is 18.6. The molecule has 4 heteroatoms. The van der Waals surface area contributed by atoms with E-state index in [4.69, 9.17) is 4.74 Å². The zero-order chi connectivity index (χ0) is 18.9. The fourth-order valence-electron chi connectivity index (χ4n) is 4.59. The van der Waals surface area contributed by atoms with Crippen LogP contribution in [0.15, 0.2) is 48.5 Å². The zero-order valence-corrected chi connectivity index (χ0v) is 15.8. The number of benzene rings is 2. The smallest absolute Gasteiger partial charge is 0.407 e. The molecule has 1 amide bonds. The Hall–Kier alpha value is -2.33. The Balaban J connectivity index is 1.38. The summed E-state index contributed by atoms with van der Waals surface area (Å²) in [6.45, 7) is 2.34. The predicted octanol–water partition coefficient (Wildman–Crippen LogP) is 4.47. The molecule has 2 aromatic carbocycles. The Bertz CT molecular complexity index is 778. The van der Waals surface area contributed by atoms with Crippen molar-refractivity contribution in [1.82, 2.24) is 5.32 Å². The van der Waals surface area contributed by atoms with E-state index in [1.165, 1.54) is 22.3 Å². The van der Waals surface area contributed by atoms with E-state index >= 15 is 0 Å². The fraction of sp³-hybridized carbons (Fsp3) is 0.435. The van der Waals surface area contributed by atoms with Crippen molar-refractivity contribution in [1.29, 1.82) is 0 Å². The molecule has 1 atom stereocenters. The van der Waals surface area contributed by atoms with E-state index in [0.29, 0.717) is 6.61 Å². The number of aliphatic hydroxyl groups is 1. The second-order valence-corrected chi connectivity index (χ2v) is 8.02. The van der Waals surface area contributed by atoms with Gasteiger partial charge in [-0.1, -0.05) is 61.4 Å². The van der Waals surface area contributed by atoms with Crippen LogP contribution in [0, 0.1) is 5.92 Å². The lowest BCUT2D eigenvalue weighted by Crippen LogP contribution is -2.45. The number of hydrogen-bond acceptors (Lipinski definition) is 3. The molecule has 2 aliphatic rings. The Morgan fingerprint density at radius 2 is 1.63 bits per heavy atom. The first-order valence-corrected chi connectivity index (χ1v) is 9.87. The van der Waals surface area contributed by atoms with Gasteiger partial charge in [0.1, 0.15) is 6.61 Å².